The lowest BCUT2D eigenvalue weighted by Gasteiger charge is -2.27. The van der Waals surface area contributed by atoms with Crippen LogP contribution in [0.5, 0.6) is 0 Å². The Morgan fingerprint density at radius 2 is 1.88 bits per heavy atom. The topological polar surface area (TPSA) is 92.2 Å². The second-order valence-electron chi connectivity index (χ2n) is 11.0. The van der Waals surface area contributed by atoms with Crippen LogP contribution in [0, 0.1) is 5.92 Å². The van der Waals surface area contributed by atoms with Gasteiger partial charge in [-0.2, -0.15) is 0 Å². The largest absolute Gasteiger partial charge is 0.350 e. The van der Waals surface area contributed by atoms with E-state index < -0.39 is 6.04 Å². The molecule has 3 heterocycles. The minimum Gasteiger partial charge on any atom is -0.350 e. The summed E-state index contributed by atoms with van der Waals surface area (Å²) in [5.74, 6) is 0.410. The summed E-state index contributed by atoms with van der Waals surface area (Å²) in [6, 6.07) is 23.7. The number of aryl methyl sites for hydroxylation is 1. The maximum absolute atomic E-state index is 13.9. The zero-order chi connectivity index (χ0) is 27.6. The zero-order valence-corrected chi connectivity index (χ0v) is 24.0. The Hall–Kier alpha value is -3.56. The third-order valence-corrected chi connectivity index (χ3v) is 8.72. The lowest BCUT2D eigenvalue weighted by Crippen LogP contribution is -2.51. The Morgan fingerprint density at radius 3 is 2.70 bits per heavy atom. The van der Waals surface area contributed by atoms with Crippen LogP contribution in [0.15, 0.2) is 77.3 Å². The van der Waals surface area contributed by atoms with E-state index in [4.69, 9.17) is 0 Å². The highest BCUT2D eigenvalue weighted by Crippen LogP contribution is 2.32. The highest BCUT2D eigenvalue weighted by atomic mass is 79.9. The maximum Gasteiger partial charge on any atom is 0.243 e. The molecule has 2 aliphatic rings. The molecule has 0 bridgehead atoms. The number of hydrogen-bond donors (Lipinski definition) is 2. The SMILES string of the molecule is Cn1nnc2cc(CNC(=O)[C@@H]3C[C@@H](Cc4cccc(Br)c4)CN3C(=O)[C@H]3C[C@@H](c4ccccc4)CN3)ccc21. The van der Waals surface area contributed by atoms with Crippen LogP contribution in [0.1, 0.15) is 35.4 Å². The fourth-order valence-corrected chi connectivity index (χ4v) is 6.61. The number of nitrogens with one attached hydrogen (secondary N) is 2. The Kier molecular flexibility index (Phi) is 7.67. The molecule has 2 saturated heterocycles. The molecular formula is C31H33BrN6O2. The highest BCUT2D eigenvalue weighted by Gasteiger charge is 2.43. The van der Waals surface area contributed by atoms with Crippen molar-refractivity contribution in [2.45, 2.75) is 43.8 Å². The zero-order valence-electron chi connectivity index (χ0n) is 22.5. The summed E-state index contributed by atoms with van der Waals surface area (Å²) in [5, 5.41) is 14.8. The Labute approximate surface area is 242 Å². The van der Waals surface area contributed by atoms with Crippen molar-refractivity contribution in [3.8, 4) is 0 Å². The molecule has 206 valence electrons. The molecule has 2 amide bonds. The number of aromatic nitrogens is 3. The number of fused-ring (bicyclic) bond motifs is 1. The van der Waals surface area contributed by atoms with Gasteiger partial charge in [0.05, 0.1) is 11.6 Å². The average molecular weight is 602 g/mol. The molecule has 0 saturated carbocycles. The van der Waals surface area contributed by atoms with Gasteiger partial charge in [0.15, 0.2) is 0 Å². The summed E-state index contributed by atoms with van der Waals surface area (Å²) < 4.78 is 2.76. The van der Waals surface area contributed by atoms with Crippen molar-refractivity contribution >= 4 is 38.8 Å². The Bertz CT molecular complexity index is 1520. The van der Waals surface area contributed by atoms with Crippen molar-refractivity contribution in [2.24, 2.45) is 13.0 Å². The van der Waals surface area contributed by atoms with Crippen LogP contribution < -0.4 is 10.6 Å². The standard InChI is InChI=1S/C31H33BrN6O2/c1-37-28-11-10-21(14-26(28)35-36-37)17-34-30(39)29-15-22(12-20-6-5-9-25(32)13-20)19-38(29)31(40)27-16-24(18-33-27)23-7-3-2-4-8-23/h2-11,13-14,22,24,27,29,33H,12,15-19H2,1H3,(H,34,39)/t22-,24-,27-,29+/m1/s1. The molecule has 9 heteroatoms. The number of halogens is 1. The first-order valence-electron chi connectivity index (χ1n) is 13.8. The lowest BCUT2D eigenvalue weighted by molar-refractivity contribution is -0.139. The first-order chi connectivity index (χ1) is 19.4. The maximum atomic E-state index is 13.9. The van der Waals surface area contributed by atoms with Gasteiger partial charge >= 0.3 is 0 Å². The van der Waals surface area contributed by atoms with Gasteiger partial charge in [-0.05, 0) is 72.1 Å². The van der Waals surface area contributed by atoms with Crippen LogP contribution in [-0.4, -0.2) is 56.9 Å². The number of benzene rings is 3. The van der Waals surface area contributed by atoms with Gasteiger partial charge in [0, 0.05) is 31.2 Å². The van der Waals surface area contributed by atoms with Gasteiger partial charge in [0.1, 0.15) is 11.6 Å². The summed E-state index contributed by atoms with van der Waals surface area (Å²) in [4.78, 5) is 29.3. The van der Waals surface area contributed by atoms with Crippen molar-refractivity contribution in [1.29, 1.82) is 0 Å². The Balaban J connectivity index is 1.16. The van der Waals surface area contributed by atoms with E-state index in [0.29, 0.717) is 25.4 Å². The smallest absolute Gasteiger partial charge is 0.243 e. The molecule has 0 unspecified atom stereocenters. The molecule has 0 aliphatic carbocycles. The molecule has 2 aliphatic heterocycles. The molecule has 1 aromatic heterocycles. The summed E-state index contributed by atoms with van der Waals surface area (Å²) in [7, 11) is 1.86. The number of nitrogens with zero attached hydrogens (tertiary/aromatic N) is 4. The fourth-order valence-electron chi connectivity index (χ4n) is 6.17. The van der Waals surface area contributed by atoms with Gasteiger partial charge in [-0.1, -0.05) is 69.7 Å². The molecule has 0 spiro atoms. The van der Waals surface area contributed by atoms with E-state index >= 15 is 0 Å². The van der Waals surface area contributed by atoms with Gasteiger partial charge in [-0.15, -0.1) is 5.10 Å². The molecule has 0 radical (unpaired) electrons. The van der Waals surface area contributed by atoms with Gasteiger partial charge in [-0.3, -0.25) is 9.59 Å². The normalized spacial score (nSPS) is 22.6. The predicted octanol–water partition coefficient (Wildman–Crippen LogP) is 3.95. The molecule has 2 N–H and O–H groups in total. The number of hydrogen-bond acceptors (Lipinski definition) is 5. The molecule has 40 heavy (non-hydrogen) atoms. The van der Waals surface area contributed by atoms with E-state index in [1.807, 2.05) is 60.5 Å². The van der Waals surface area contributed by atoms with Crippen molar-refractivity contribution in [1.82, 2.24) is 30.5 Å². The second-order valence-corrected chi connectivity index (χ2v) is 11.9. The highest BCUT2D eigenvalue weighted by molar-refractivity contribution is 9.10. The molecule has 4 atom stereocenters. The van der Waals surface area contributed by atoms with Crippen LogP contribution in [0.2, 0.25) is 0 Å². The summed E-state index contributed by atoms with van der Waals surface area (Å²) in [6.07, 6.45) is 2.20. The quantitative estimate of drug-likeness (QED) is 0.335. The molecule has 8 nitrogen and oxygen atoms in total. The third kappa shape index (κ3) is 5.67. The average Bonchev–Trinajstić information content (AvgIpc) is 3.71. The van der Waals surface area contributed by atoms with E-state index in [0.717, 1.165) is 40.5 Å². The molecule has 6 rings (SSSR count). The summed E-state index contributed by atoms with van der Waals surface area (Å²) in [5.41, 5.74) is 5.13. The minimum absolute atomic E-state index is 0.0244. The molecule has 3 aromatic carbocycles. The van der Waals surface area contributed by atoms with E-state index in [-0.39, 0.29) is 23.8 Å². The van der Waals surface area contributed by atoms with Gasteiger partial charge in [0.25, 0.3) is 0 Å². The van der Waals surface area contributed by atoms with Crippen molar-refractivity contribution in [3.05, 3.63) is 94.0 Å². The van der Waals surface area contributed by atoms with Crippen LogP contribution in [0.25, 0.3) is 11.0 Å². The predicted molar refractivity (Wildman–Crippen MR) is 157 cm³/mol. The number of carbonyl (C=O) groups excluding carboxylic acids is 2. The van der Waals surface area contributed by atoms with Gasteiger partial charge < -0.3 is 15.5 Å². The first-order valence-corrected chi connectivity index (χ1v) is 14.6. The number of likely N-dealkylation sites (tertiary alicyclic amines) is 1. The van der Waals surface area contributed by atoms with E-state index in [9.17, 15) is 9.59 Å². The lowest BCUT2D eigenvalue weighted by atomic mass is 9.96. The van der Waals surface area contributed by atoms with Crippen molar-refractivity contribution in [3.63, 3.8) is 0 Å². The second kappa shape index (κ2) is 11.5. The Morgan fingerprint density at radius 1 is 1.02 bits per heavy atom. The summed E-state index contributed by atoms with van der Waals surface area (Å²) >= 11 is 3.56. The molecule has 2 fully saturated rings. The van der Waals surface area contributed by atoms with Gasteiger partial charge in [-0.25, -0.2) is 4.68 Å². The number of carbonyl (C=O) groups is 2. The summed E-state index contributed by atoms with van der Waals surface area (Å²) in [6.45, 7) is 1.71. The molecular weight excluding hydrogens is 568 g/mol. The van der Waals surface area contributed by atoms with E-state index in [1.54, 1.807) is 4.68 Å². The molecule has 4 aromatic rings. The van der Waals surface area contributed by atoms with Crippen LogP contribution >= 0.6 is 15.9 Å². The monoisotopic (exact) mass is 600 g/mol. The number of rotatable bonds is 7. The third-order valence-electron chi connectivity index (χ3n) is 8.23. The van der Waals surface area contributed by atoms with Crippen LogP contribution in [-0.2, 0) is 29.6 Å². The fraction of sp³-hybridized carbons (Fsp3) is 0.355. The van der Waals surface area contributed by atoms with Crippen LogP contribution in [0.3, 0.4) is 0 Å². The van der Waals surface area contributed by atoms with Crippen LogP contribution in [0.4, 0.5) is 0 Å². The van der Waals surface area contributed by atoms with Gasteiger partial charge in [0.2, 0.25) is 11.8 Å². The van der Waals surface area contributed by atoms with Crippen molar-refractivity contribution < 1.29 is 9.59 Å². The van der Waals surface area contributed by atoms with E-state index in [2.05, 4.69) is 61.1 Å². The van der Waals surface area contributed by atoms with Crippen molar-refractivity contribution in [2.75, 3.05) is 13.1 Å². The van der Waals surface area contributed by atoms with E-state index in [1.165, 1.54) is 11.1 Å². The first kappa shape index (κ1) is 26.7. The minimum atomic E-state index is -0.498. The number of amides is 2.